The molecule has 2 heterocycles. The summed E-state index contributed by atoms with van der Waals surface area (Å²) in [4.78, 5) is 0. The van der Waals surface area contributed by atoms with E-state index in [4.69, 9.17) is 4.42 Å². The first-order chi connectivity index (χ1) is 25.8. The first-order valence-corrected chi connectivity index (χ1v) is 19.5. The van der Waals surface area contributed by atoms with Crippen LogP contribution >= 0.6 is 0 Å². The van der Waals surface area contributed by atoms with Crippen molar-refractivity contribution < 1.29 is 4.42 Å². The summed E-state index contributed by atoms with van der Waals surface area (Å²) in [5.74, 6) is 0. The second kappa shape index (κ2) is 11.7. The number of furan rings is 1. The molecule has 0 saturated carbocycles. The minimum absolute atomic E-state index is 0.125. The molecule has 0 aliphatic heterocycles. The molecule has 0 bridgehead atoms. The van der Waals surface area contributed by atoms with Crippen LogP contribution in [-0.4, -0.2) is 14.5 Å². The Morgan fingerprint density at radius 3 is 1.31 bits per heavy atom. The number of fused-ring (bicyclic) bond motifs is 7. The van der Waals surface area contributed by atoms with Gasteiger partial charge in [0.25, 0.3) is 0 Å². The quantitative estimate of drug-likeness (QED) is 0.130. The average Bonchev–Trinajstić information content (AvgIpc) is 3.88. The summed E-state index contributed by atoms with van der Waals surface area (Å²) in [5.41, 5.74) is 10.2. The molecule has 9 aromatic carbocycles. The first-order valence-electron chi connectivity index (χ1n) is 17.7. The number of rotatable bonds is 4. The Hall–Kier alpha value is -6.18. The average molecular weight is 726 g/mol. The second-order valence-electron chi connectivity index (χ2n) is 13.5. The standard InChI is InChI=1S/C50H30OSe/c1-2-14-31(15-3-1)45-33-16-4-10-22-39(33)48(40-23-11-5-17-34(40)45)42-25-12-26-43-49-41(24-13-27-44(49)52-50(42)43)47-37-20-8-6-18-35(37)46(32-28-29-51-30-32)36-19-7-9-21-38(36)47/h1-30H. The van der Waals surface area contributed by atoms with Gasteiger partial charge >= 0.3 is 308 Å². The molecule has 52 heavy (non-hydrogen) atoms. The molecule has 242 valence electrons. The van der Waals surface area contributed by atoms with Gasteiger partial charge in [-0.1, -0.05) is 0 Å². The van der Waals surface area contributed by atoms with Gasteiger partial charge in [0.05, 0.1) is 0 Å². The van der Waals surface area contributed by atoms with Crippen LogP contribution in [0.2, 0.25) is 0 Å². The fourth-order valence-corrected chi connectivity index (χ4v) is 11.3. The van der Waals surface area contributed by atoms with Crippen LogP contribution < -0.4 is 0 Å². The van der Waals surface area contributed by atoms with Gasteiger partial charge in [0.1, 0.15) is 0 Å². The molecule has 0 atom stereocenters. The molecule has 11 rings (SSSR count). The first kappa shape index (κ1) is 29.5. The summed E-state index contributed by atoms with van der Waals surface area (Å²) in [7, 11) is 0. The van der Waals surface area contributed by atoms with E-state index in [9.17, 15) is 0 Å². The van der Waals surface area contributed by atoms with Gasteiger partial charge in [-0.05, 0) is 0 Å². The van der Waals surface area contributed by atoms with E-state index >= 15 is 0 Å². The summed E-state index contributed by atoms with van der Waals surface area (Å²) < 4.78 is 8.51. The fraction of sp³-hybridized carbons (Fsp3) is 0. The molecule has 0 saturated heterocycles. The van der Waals surface area contributed by atoms with Crippen molar-refractivity contribution in [2.45, 2.75) is 0 Å². The van der Waals surface area contributed by atoms with Crippen LogP contribution in [0.15, 0.2) is 187 Å². The maximum atomic E-state index is 5.61. The van der Waals surface area contributed by atoms with Gasteiger partial charge in [0.2, 0.25) is 0 Å². The summed E-state index contributed by atoms with van der Waals surface area (Å²) in [5, 5.41) is 12.9. The molecular weight excluding hydrogens is 696 g/mol. The van der Waals surface area contributed by atoms with Crippen LogP contribution in [-0.2, 0) is 0 Å². The monoisotopic (exact) mass is 726 g/mol. The van der Waals surface area contributed by atoms with E-state index in [0.717, 1.165) is 5.56 Å². The third-order valence-corrected chi connectivity index (χ3v) is 13.3. The summed E-state index contributed by atoms with van der Waals surface area (Å²) >= 11 is 0.125. The van der Waals surface area contributed by atoms with Crippen molar-refractivity contribution in [1.82, 2.24) is 0 Å². The Kier molecular flexibility index (Phi) is 6.64. The van der Waals surface area contributed by atoms with E-state index in [0.29, 0.717) is 0 Å². The van der Waals surface area contributed by atoms with Gasteiger partial charge in [-0.3, -0.25) is 0 Å². The van der Waals surface area contributed by atoms with Crippen molar-refractivity contribution >= 4 is 76.9 Å². The minimum atomic E-state index is 0.125. The van der Waals surface area contributed by atoms with Crippen LogP contribution in [0.5, 0.6) is 0 Å². The molecule has 0 N–H and O–H groups in total. The Labute approximate surface area is 306 Å². The van der Waals surface area contributed by atoms with Crippen LogP contribution in [0.1, 0.15) is 0 Å². The Morgan fingerprint density at radius 2 is 0.769 bits per heavy atom. The van der Waals surface area contributed by atoms with Gasteiger partial charge < -0.3 is 0 Å². The molecule has 0 aliphatic carbocycles. The molecular formula is C50H30OSe. The van der Waals surface area contributed by atoms with Crippen molar-refractivity contribution in [2.75, 3.05) is 0 Å². The third kappa shape index (κ3) is 4.29. The van der Waals surface area contributed by atoms with Crippen molar-refractivity contribution in [1.29, 1.82) is 0 Å². The summed E-state index contributed by atoms with van der Waals surface area (Å²) in [6, 6.07) is 62.7. The van der Waals surface area contributed by atoms with Gasteiger partial charge in [-0.15, -0.1) is 0 Å². The van der Waals surface area contributed by atoms with E-state index < -0.39 is 0 Å². The van der Waals surface area contributed by atoms with Crippen LogP contribution in [0.4, 0.5) is 0 Å². The third-order valence-electron chi connectivity index (χ3n) is 10.8. The van der Waals surface area contributed by atoms with Gasteiger partial charge in [0, 0.05) is 0 Å². The van der Waals surface area contributed by atoms with Gasteiger partial charge in [-0.2, -0.15) is 0 Å². The Bertz CT molecular complexity index is 3050. The molecule has 0 radical (unpaired) electrons. The van der Waals surface area contributed by atoms with Gasteiger partial charge in [-0.25, -0.2) is 0 Å². The van der Waals surface area contributed by atoms with Crippen LogP contribution in [0.3, 0.4) is 0 Å². The molecule has 2 heteroatoms. The van der Waals surface area contributed by atoms with E-state index in [1.54, 1.807) is 6.26 Å². The molecule has 0 aliphatic rings. The molecule has 0 unspecified atom stereocenters. The fourth-order valence-electron chi connectivity index (χ4n) is 8.72. The topological polar surface area (TPSA) is 13.1 Å². The van der Waals surface area contributed by atoms with Crippen molar-refractivity contribution in [3.63, 3.8) is 0 Å². The number of benzene rings is 9. The number of hydrogen-bond acceptors (Lipinski definition) is 1. The zero-order chi connectivity index (χ0) is 34.2. The Balaban J connectivity index is 1.25. The molecule has 0 amide bonds. The molecule has 0 fully saturated rings. The van der Waals surface area contributed by atoms with E-state index in [-0.39, 0.29) is 14.5 Å². The van der Waals surface area contributed by atoms with E-state index in [1.807, 2.05) is 6.26 Å². The van der Waals surface area contributed by atoms with Gasteiger partial charge in [0.15, 0.2) is 0 Å². The molecule has 0 spiro atoms. The Morgan fingerprint density at radius 1 is 0.327 bits per heavy atom. The van der Waals surface area contributed by atoms with Crippen LogP contribution in [0.25, 0.3) is 107 Å². The number of hydrogen-bond donors (Lipinski definition) is 0. The zero-order valence-electron chi connectivity index (χ0n) is 28.1. The molecule has 1 nitrogen and oxygen atoms in total. The van der Waals surface area contributed by atoms with Crippen LogP contribution in [0, 0.1) is 0 Å². The van der Waals surface area contributed by atoms with E-state index in [2.05, 4.69) is 170 Å². The zero-order valence-corrected chi connectivity index (χ0v) is 29.9. The normalized spacial score (nSPS) is 11.8. The molecule has 2 aromatic heterocycles. The SMILES string of the molecule is c1ccc(-c2c3ccccc3c(-c3cccc4c3[se]c3cccc(-c5c6ccccc6c(-c6ccoc6)c6ccccc56)c34)c3ccccc23)cc1. The predicted molar refractivity (Wildman–Crippen MR) is 222 cm³/mol. The predicted octanol–water partition coefficient (Wildman–Crippen LogP) is 13.9. The van der Waals surface area contributed by atoms with Crippen molar-refractivity contribution in [2.24, 2.45) is 0 Å². The van der Waals surface area contributed by atoms with Crippen molar-refractivity contribution in [3.8, 4) is 44.5 Å². The summed E-state index contributed by atoms with van der Waals surface area (Å²) in [6.45, 7) is 0. The maximum absolute atomic E-state index is 5.61. The summed E-state index contributed by atoms with van der Waals surface area (Å²) in [6.07, 6.45) is 3.64. The second-order valence-corrected chi connectivity index (χ2v) is 15.7. The van der Waals surface area contributed by atoms with E-state index in [1.165, 1.54) is 101 Å². The molecule has 11 aromatic rings. The van der Waals surface area contributed by atoms with Crippen molar-refractivity contribution in [3.05, 3.63) is 182 Å².